The van der Waals surface area contributed by atoms with E-state index in [0.29, 0.717) is 12.8 Å². The second kappa shape index (κ2) is 8.77. The van der Waals surface area contributed by atoms with Gasteiger partial charge in [-0.3, -0.25) is 4.79 Å². The highest BCUT2D eigenvalue weighted by molar-refractivity contribution is 5.94. The maximum atomic E-state index is 13.8. The van der Waals surface area contributed by atoms with Gasteiger partial charge >= 0.3 is 0 Å². The summed E-state index contributed by atoms with van der Waals surface area (Å²) >= 11 is 0. The normalized spacial score (nSPS) is 22.4. The third-order valence-electron chi connectivity index (χ3n) is 7.72. The zero-order valence-corrected chi connectivity index (χ0v) is 19.2. The lowest BCUT2D eigenvalue weighted by molar-refractivity contribution is -0.130. The van der Waals surface area contributed by atoms with Gasteiger partial charge in [0.25, 0.3) is 0 Å². The molecule has 3 aromatic carbocycles. The minimum absolute atomic E-state index is 0.128. The van der Waals surface area contributed by atoms with E-state index < -0.39 is 11.0 Å². The number of hydrogen-bond donors (Lipinski definition) is 1. The van der Waals surface area contributed by atoms with Crippen LogP contribution in [0.15, 0.2) is 91.0 Å². The lowest BCUT2D eigenvalue weighted by Crippen LogP contribution is -2.49. The van der Waals surface area contributed by atoms with Crippen LogP contribution in [0.4, 0.5) is 0 Å². The predicted octanol–water partition coefficient (Wildman–Crippen LogP) is 4.04. The summed E-state index contributed by atoms with van der Waals surface area (Å²) in [5.41, 5.74) is 1.67. The molecule has 3 aromatic rings. The van der Waals surface area contributed by atoms with E-state index in [4.69, 9.17) is 0 Å². The molecule has 4 heteroatoms. The number of likely N-dealkylation sites (tertiary alicyclic amines) is 2. The molecular formula is C29H32N2O2. The van der Waals surface area contributed by atoms with E-state index in [1.807, 2.05) is 78.7 Å². The van der Waals surface area contributed by atoms with E-state index in [1.165, 1.54) is 0 Å². The molecular weight excluding hydrogens is 408 g/mol. The van der Waals surface area contributed by atoms with Crippen LogP contribution in [0.25, 0.3) is 0 Å². The molecule has 1 atom stereocenters. The standard InChI is InChI=1S/C29H32N2O2/c1-30-21-26(22-31-19-17-28(33,18-20-31)23-11-5-2-6-12-23)29(27(30)32,24-13-7-3-8-14-24)25-15-9-4-10-16-25/h2-16,26,33H,17-22H2,1H3. The second-order valence-corrected chi connectivity index (χ2v) is 9.62. The van der Waals surface area contributed by atoms with Crippen LogP contribution in [-0.2, 0) is 15.8 Å². The molecule has 1 unspecified atom stereocenters. The first kappa shape index (κ1) is 21.9. The molecule has 1 N–H and O–H groups in total. The van der Waals surface area contributed by atoms with Crippen LogP contribution in [0.2, 0.25) is 0 Å². The second-order valence-electron chi connectivity index (χ2n) is 9.62. The van der Waals surface area contributed by atoms with Gasteiger partial charge in [-0.15, -0.1) is 0 Å². The van der Waals surface area contributed by atoms with E-state index in [-0.39, 0.29) is 11.8 Å². The minimum atomic E-state index is -0.768. The fraction of sp³-hybridized carbons (Fsp3) is 0.345. The van der Waals surface area contributed by atoms with Gasteiger partial charge in [-0.2, -0.15) is 0 Å². The maximum Gasteiger partial charge on any atom is 0.237 e. The Morgan fingerprint density at radius 2 is 1.24 bits per heavy atom. The molecule has 0 aromatic heterocycles. The fourth-order valence-corrected chi connectivity index (χ4v) is 5.96. The van der Waals surface area contributed by atoms with Crippen molar-refractivity contribution >= 4 is 5.91 Å². The number of amides is 1. The van der Waals surface area contributed by atoms with Crippen molar-refractivity contribution in [3.63, 3.8) is 0 Å². The summed E-state index contributed by atoms with van der Waals surface area (Å²) in [7, 11) is 1.92. The smallest absolute Gasteiger partial charge is 0.237 e. The van der Waals surface area contributed by atoms with E-state index in [2.05, 4.69) is 29.2 Å². The quantitative estimate of drug-likeness (QED) is 0.651. The molecule has 2 aliphatic rings. The van der Waals surface area contributed by atoms with Crippen LogP contribution < -0.4 is 0 Å². The van der Waals surface area contributed by atoms with Gasteiger partial charge in [0, 0.05) is 39.1 Å². The lowest BCUT2D eigenvalue weighted by atomic mass is 9.67. The maximum absolute atomic E-state index is 13.8. The monoisotopic (exact) mass is 440 g/mol. The first-order valence-corrected chi connectivity index (χ1v) is 11.9. The molecule has 2 fully saturated rings. The van der Waals surface area contributed by atoms with E-state index in [9.17, 15) is 9.90 Å². The van der Waals surface area contributed by atoms with Crippen molar-refractivity contribution < 1.29 is 9.90 Å². The molecule has 2 heterocycles. The van der Waals surface area contributed by atoms with Crippen molar-refractivity contribution in [2.75, 3.05) is 33.2 Å². The number of benzene rings is 3. The van der Waals surface area contributed by atoms with E-state index in [1.54, 1.807) is 0 Å². The molecule has 0 radical (unpaired) electrons. The summed E-state index contributed by atoms with van der Waals surface area (Å²) in [6.45, 7) is 3.19. The van der Waals surface area contributed by atoms with Crippen molar-refractivity contribution in [3.8, 4) is 0 Å². The Balaban J connectivity index is 1.44. The van der Waals surface area contributed by atoms with Crippen molar-refractivity contribution in [1.82, 2.24) is 9.80 Å². The van der Waals surface area contributed by atoms with Crippen LogP contribution in [0, 0.1) is 5.92 Å². The number of likely N-dealkylation sites (N-methyl/N-ethyl adjacent to an activating group) is 1. The Morgan fingerprint density at radius 1 is 0.788 bits per heavy atom. The number of carbonyl (C=O) groups is 1. The van der Waals surface area contributed by atoms with Gasteiger partial charge in [0.1, 0.15) is 5.41 Å². The van der Waals surface area contributed by atoms with Gasteiger partial charge < -0.3 is 14.9 Å². The number of piperidine rings is 1. The summed E-state index contributed by atoms with van der Waals surface area (Å²) in [5, 5.41) is 11.3. The summed E-state index contributed by atoms with van der Waals surface area (Å²) < 4.78 is 0. The summed E-state index contributed by atoms with van der Waals surface area (Å²) in [4.78, 5) is 18.2. The molecule has 33 heavy (non-hydrogen) atoms. The topological polar surface area (TPSA) is 43.8 Å². The zero-order valence-electron chi connectivity index (χ0n) is 19.2. The van der Waals surface area contributed by atoms with Crippen molar-refractivity contribution in [1.29, 1.82) is 0 Å². The Kier molecular flexibility index (Phi) is 5.81. The number of carbonyl (C=O) groups excluding carboxylic acids is 1. The van der Waals surface area contributed by atoms with Crippen molar-refractivity contribution in [2.45, 2.75) is 23.9 Å². The van der Waals surface area contributed by atoms with Crippen LogP contribution in [-0.4, -0.2) is 54.0 Å². The zero-order chi connectivity index (χ0) is 22.9. The van der Waals surface area contributed by atoms with Crippen molar-refractivity contribution in [2.24, 2.45) is 5.92 Å². The minimum Gasteiger partial charge on any atom is -0.385 e. The summed E-state index contributed by atoms with van der Waals surface area (Å²) in [6.07, 6.45) is 1.41. The average Bonchev–Trinajstić information content (AvgIpc) is 3.12. The Labute approximate surface area is 196 Å². The Morgan fingerprint density at radius 3 is 1.73 bits per heavy atom. The Hall–Kier alpha value is -2.95. The third kappa shape index (κ3) is 3.77. The van der Waals surface area contributed by atoms with Gasteiger partial charge in [-0.25, -0.2) is 0 Å². The van der Waals surface area contributed by atoms with E-state index in [0.717, 1.165) is 42.9 Å². The molecule has 1 amide bonds. The van der Waals surface area contributed by atoms with Crippen LogP contribution >= 0.6 is 0 Å². The molecule has 0 saturated carbocycles. The molecule has 170 valence electrons. The van der Waals surface area contributed by atoms with E-state index >= 15 is 0 Å². The highest BCUT2D eigenvalue weighted by Gasteiger charge is 2.55. The SMILES string of the molecule is CN1CC(CN2CCC(O)(c3ccccc3)CC2)C(c2ccccc2)(c2ccccc2)C1=O. The third-order valence-corrected chi connectivity index (χ3v) is 7.72. The average molecular weight is 441 g/mol. The molecule has 5 rings (SSSR count). The molecule has 2 aliphatic heterocycles. The van der Waals surface area contributed by atoms with Gasteiger partial charge in [0.05, 0.1) is 5.60 Å². The predicted molar refractivity (Wildman–Crippen MR) is 131 cm³/mol. The fourth-order valence-electron chi connectivity index (χ4n) is 5.96. The lowest BCUT2D eigenvalue weighted by Gasteiger charge is -2.42. The first-order valence-electron chi connectivity index (χ1n) is 11.9. The molecule has 4 nitrogen and oxygen atoms in total. The molecule has 0 bridgehead atoms. The summed E-state index contributed by atoms with van der Waals surface area (Å²) in [5.74, 6) is 0.297. The van der Waals surface area contributed by atoms with Crippen LogP contribution in [0.3, 0.4) is 0 Å². The van der Waals surface area contributed by atoms with Crippen molar-refractivity contribution in [3.05, 3.63) is 108 Å². The number of nitrogens with zero attached hydrogens (tertiary/aromatic N) is 2. The number of aliphatic hydroxyl groups is 1. The van der Waals surface area contributed by atoms with Gasteiger partial charge in [0.15, 0.2) is 0 Å². The van der Waals surface area contributed by atoms with Gasteiger partial charge in [-0.05, 0) is 29.5 Å². The highest BCUT2D eigenvalue weighted by Crippen LogP contribution is 2.46. The largest absolute Gasteiger partial charge is 0.385 e. The van der Waals surface area contributed by atoms with Crippen LogP contribution in [0.5, 0.6) is 0 Å². The highest BCUT2D eigenvalue weighted by atomic mass is 16.3. The molecule has 0 spiro atoms. The number of hydrogen-bond acceptors (Lipinski definition) is 3. The van der Waals surface area contributed by atoms with Gasteiger partial charge in [0.2, 0.25) is 5.91 Å². The van der Waals surface area contributed by atoms with Gasteiger partial charge in [-0.1, -0.05) is 91.0 Å². The Bertz CT molecular complexity index is 1040. The number of rotatable bonds is 5. The first-order chi connectivity index (χ1) is 16.0. The summed E-state index contributed by atoms with van der Waals surface area (Å²) in [6, 6.07) is 30.6. The molecule has 0 aliphatic carbocycles. The molecule has 2 saturated heterocycles. The van der Waals surface area contributed by atoms with Crippen LogP contribution in [0.1, 0.15) is 29.5 Å².